The summed E-state index contributed by atoms with van der Waals surface area (Å²) >= 11 is 0. The van der Waals surface area contributed by atoms with Crippen LogP contribution in [0.3, 0.4) is 0 Å². The molecule has 6 nitrogen and oxygen atoms in total. The van der Waals surface area contributed by atoms with Crippen molar-refractivity contribution in [2.75, 3.05) is 37.5 Å². The maximum atomic E-state index is 14.0. The van der Waals surface area contributed by atoms with Gasteiger partial charge in [0.1, 0.15) is 0 Å². The molecule has 1 saturated heterocycles. The van der Waals surface area contributed by atoms with E-state index in [0.29, 0.717) is 19.5 Å². The molecule has 3 rings (SSSR count). The summed E-state index contributed by atoms with van der Waals surface area (Å²) in [5.74, 6) is -0.0929. The van der Waals surface area contributed by atoms with Crippen LogP contribution < -0.4 is 10.2 Å². The Hall–Kier alpha value is -2.86. The fourth-order valence-corrected chi connectivity index (χ4v) is 4.84. The van der Waals surface area contributed by atoms with Gasteiger partial charge in [0.2, 0.25) is 11.8 Å². The highest BCUT2D eigenvalue weighted by Gasteiger charge is 2.29. The molecule has 1 aliphatic rings. The summed E-state index contributed by atoms with van der Waals surface area (Å²) in [7, 11) is 4.00. The molecule has 0 unspecified atom stereocenters. The highest BCUT2D eigenvalue weighted by Crippen LogP contribution is 2.29. The molecule has 6 heteroatoms. The summed E-state index contributed by atoms with van der Waals surface area (Å²) < 4.78 is 5.93. The van der Waals surface area contributed by atoms with Crippen LogP contribution in [0.2, 0.25) is 0 Å². The zero-order valence-electron chi connectivity index (χ0n) is 22.8. The van der Waals surface area contributed by atoms with Crippen LogP contribution in [0, 0.1) is 5.41 Å². The number of nitrogens with zero attached hydrogens (tertiary/aromatic N) is 2. The minimum atomic E-state index is -0.204. The quantitative estimate of drug-likeness (QED) is 0.452. The van der Waals surface area contributed by atoms with Crippen LogP contribution in [0.5, 0.6) is 0 Å². The third-order valence-electron chi connectivity index (χ3n) is 6.57. The molecule has 0 radical (unpaired) electrons. The average Bonchev–Trinajstić information content (AvgIpc) is 3.31. The van der Waals surface area contributed by atoms with Crippen LogP contribution in [0.1, 0.15) is 70.4 Å². The second kappa shape index (κ2) is 12.4. The van der Waals surface area contributed by atoms with E-state index in [1.165, 1.54) is 0 Å². The van der Waals surface area contributed by atoms with E-state index in [1.54, 1.807) is 0 Å². The molecule has 36 heavy (non-hydrogen) atoms. The zero-order chi connectivity index (χ0) is 26.3. The number of amides is 2. The van der Waals surface area contributed by atoms with Crippen molar-refractivity contribution in [3.05, 3.63) is 59.7 Å². The minimum Gasteiger partial charge on any atom is -0.377 e. The van der Waals surface area contributed by atoms with Gasteiger partial charge in [-0.2, -0.15) is 0 Å². The van der Waals surface area contributed by atoms with Crippen molar-refractivity contribution in [2.45, 2.75) is 71.9 Å². The van der Waals surface area contributed by atoms with Crippen molar-refractivity contribution in [3.8, 4) is 0 Å². The first-order valence-corrected chi connectivity index (χ1v) is 13.1. The number of ether oxygens (including phenoxy) is 1. The number of carbonyl (C=O) groups excluding carboxylic acids is 2. The third kappa shape index (κ3) is 7.82. The SMILES string of the molecule is CC[C@H](C(=O)N(Cc1cc(NC(=O)CC(C)(C)C)ccc1N(C)C)C[C@H]1CCCO1)c1ccccc1. The van der Waals surface area contributed by atoms with Gasteiger partial charge in [0.15, 0.2) is 0 Å². The van der Waals surface area contributed by atoms with Crippen LogP contribution in [-0.4, -0.2) is 50.1 Å². The lowest BCUT2D eigenvalue weighted by atomic mass is 9.92. The highest BCUT2D eigenvalue weighted by atomic mass is 16.5. The Bertz CT molecular complexity index is 1010. The maximum Gasteiger partial charge on any atom is 0.230 e. The van der Waals surface area contributed by atoms with E-state index in [-0.39, 0.29) is 29.3 Å². The van der Waals surface area contributed by atoms with E-state index < -0.39 is 0 Å². The summed E-state index contributed by atoms with van der Waals surface area (Å²) in [6, 6.07) is 16.0. The number of anilines is 2. The zero-order valence-corrected chi connectivity index (χ0v) is 22.8. The van der Waals surface area contributed by atoms with Gasteiger partial charge in [0.05, 0.1) is 12.0 Å². The van der Waals surface area contributed by atoms with E-state index in [0.717, 1.165) is 48.4 Å². The standard InChI is InChI=1S/C30H43N3O3/c1-7-26(22-12-9-8-10-13-22)29(35)33(21-25-14-11-17-36-25)20-23-18-24(15-16-27(23)32(5)6)31-28(34)19-30(2,3)4/h8-10,12-13,15-16,18,25-26H,7,11,14,17,19-21H2,1-6H3,(H,31,34)/t25-,26+/m1/s1. The second-order valence-corrected chi connectivity index (χ2v) is 11.2. The van der Waals surface area contributed by atoms with Crippen LogP contribution in [-0.2, 0) is 20.9 Å². The fourth-order valence-electron chi connectivity index (χ4n) is 4.84. The number of hydrogen-bond acceptors (Lipinski definition) is 4. The van der Waals surface area contributed by atoms with Crippen molar-refractivity contribution in [1.82, 2.24) is 4.90 Å². The Morgan fingerprint density at radius 3 is 2.42 bits per heavy atom. The molecule has 1 aliphatic heterocycles. The van der Waals surface area contributed by atoms with Gasteiger partial charge >= 0.3 is 0 Å². The Morgan fingerprint density at radius 1 is 1.11 bits per heavy atom. The maximum absolute atomic E-state index is 14.0. The normalized spacial score (nSPS) is 16.4. The van der Waals surface area contributed by atoms with Crippen LogP contribution in [0.4, 0.5) is 11.4 Å². The predicted octanol–water partition coefficient (Wildman–Crippen LogP) is 5.83. The lowest BCUT2D eigenvalue weighted by molar-refractivity contribution is -0.135. The van der Waals surface area contributed by atoms with Gasteiger partial charge in [0, 0.05) is 51.6 Å². The largest absolute Gasteiger partial charge is 0.377 e. The minimum absolute atomic E-state index is 0.00605. The number of carbonyl (C=O) groups is 2. The molecule has 0 saturated carbocycles. The van der Waals surface area contributed by atoms with Gasteiger partial charge in [0.25, 0.3) is 0 Å². The van der Waals surface area contributed by atoms with E-state index in [1.807, 2.05) is 67.5 Å². The molecule has 2 aromatic carbocycles. The van der Waals surface area contributed by atoms with Crippen molar-refractivity contribution in [1.29, 1.82) is 0 Å². The molecule has 196 valence electrons. The first-order chi connectivity index (χ1) is 17.1. The molecule has 0 aromatic heterocycles. The number of nitrogens with one attached hydrogen (secondary N) is 1. The van der Waals surface area contributed by atoms with E-state index in [2.05, 4.69) is 37.9 Å². The molecule has 1 N–H and O–H groups in total. The third-order valence-corrected chi connectivity index (χ3v) is 6.57. The molecule has 0 bridgehead atoms. The lowest BCUT2D eigenvalue weighted by Gasteiger charge is -2.31. The Labute approximate surface area is 217 Å². The summed E-state index contributed by atoms with van der Waals surface area (Å²) in [6.45, 7) is 10.0. The smallest absolute Gasteiger partial charge is 0.230 e. The molecule has 0 spiro atoms. The van der Waals surface area contributed by atoms with Crippen LogP contribution >= 0.6 is 0 Å². The van der Waals surface area contributed by atoms with Gasteiger partial charge in [-0.1, -0.05) is 58.0 Å². The first-order valence-electron chi connectivity index (χ1n) is 13.1. The van der Waals surface area contributed by atoms with Crippen molar-refractivity contribution in [3.63, 3.8) is 0 Å². The Kier molecular flexibility index (Phi) is 9.55. The number of hydrogen-bond donors (Lipinski definition) is 1. The molecular formula is C30H43N3O3. The Balaban J connectivity index is 1.90. The highest BCUT2D eigenvalue weighted by molar-refractivity contribution is 5.91. The van der Waals surface area contributed by atoms with Crippen molar-refractivity contribution < 1.29 is 14.3 Å². The van der Waals surface area contributed by atoms with Gasteiger partial charge in [-0.05, 0) is 54.0 Å². The summed E-state index contributed by atoms with van der Waals surface area (Å²) in [5, 5.41) is 3.05. The average molecular weight is 494 g/mol. The number of benzene rings is 2. The van der Waals surface area contributed by atoms with Gasteiger partial charge < -0.3 is 19.9 Å². The second-order valence-electron chi connectivity index (χ2n) is 11.2. The summed E-state index contributed by atoms with van der Waals surface area (Å²) in [5.41, 5.74) is 3.74. The van der Waals surface area contributed by atoms with Crippen molar-refractivity contribution >= 4 is 23.2 Å². The summed E-state index contributed by atoms with van der Waals surface area (Å²) in [6.07, 6.45) is 3.22. The van der Waals surface area contributed by atoms with Crippen LogP contribution in [0.15, 0.2) is 48.5 Å². The molecule has 1 heterocycles. The molecule has 0 aliphatic carbocycles. The van der Waals surface area contributed by atoms with E-state index in [9.17, 15) is 9.59 Å². The number of rotatable bonds is 10. The van der Waals surface area contributed by atoms with Gasteiger partial charge in [-0.15, -0.1) is 0 Å². The first kappa shape index (κ1) is 27.7. The van der Waals surface area contributed by atoms with E-state index in [4.69, 9.17) is 4.74 Å². The van der Waals surface area contributed by atoms with Gasteiger partial charge in [-0.25, -0.2) is 0 Å². The van der Waals surface area contributed by atoms with E-state index >= 15 is 0 Å². The van der Waals surface area contributed by atoms with Gasteiger partial charge in [-0.3, -0.25) is 9.59 Å². The molecular weight excluding hydrogens is 450 g/mol. The monoisotopic (exact) mass is 493 g/mol. The lowest BCUT2D eigenvalue weighted by Crippen LogP contribution is -2.40. The molecule has 2 amide bonds. The van der Waals surface area contributed by atoms with Crippen molar-refractivity contribution in [2.24, 2.45) is 5.41 Å². The molecule has 2 atom stereocenters. The fraction of sp³-hybridized carbons (Fsp3) is 0.533. The van der Waals surface area contributed by atoms with Crippen LogP contribution in [0.25, 0.3) is 0 Å². The topological polar surface area (TPSA) is 61.9 Å². The molecule has 1 fully saturated rings. The molecule has 2 aromatic rings. The Morgan fingerprint density at radius 2 is 1.83 bits per heavy atom. The summed E-state index contributed by atoms with van der Waals surface area (Å²) in [4.78, 5) is 30.6. The predicted molar refractivity (Wildman–Crippen MR) is 147 cm³/mol.